The second-order valence-corrected chi connectivity index (χ2v) is 3.86. The molecule has 19 heavy (non-hydrogen) atoms. The van der Waals surface area contributed by atoms with Crippen LogP contribution in [0, 0.1) is 0 Å². The van der Waals surface area contributed by atoms with Crippen LogP contribution in [-0.4, -0.2) is 26.8 Å². The molecule has 6 nitrogen and oxygen atoms in total. The molecule has 0 spiro atoms. The Bertz CT molecular complexity index is 623. The second kappa shape index (κ2) is 5.26. The number of hydrogen-bond donors (Lipinski definition) is 2. The van der Waals surface area contributed by atoms with Gasteiger partial charge in [-0.2, -0.15) is 0 Å². The Morgan fingerprint density at radius 2 is 1.84 bits per heavy atom. The molecule has 2 aromatic rings. The first-order valence-corrected chi connectivity index (χ1v) is 5.49. The van der Waals surface area contributed by atoms with E-state index in [4.69, 9.17) is 5.11 Å². The summed E-state index contributed by atoms with van der Waals surface area (Å²) < 4.78 is 0. The van der Waals surface area contributed by atoms with Gasteiger partial charge in [0.25, 0.3) is 0 Å². The molecule has 6 heteroatoms. The lowest BCUT2D eigenvalue weighted by molar-refractivity contribution is 0.0695. The molecule has 1 aromatic heterocycles. The van der Waals surface area contributed by atoms with Crippen molar-refractivity contribution < 1.29 is 14.7 Å². The van der Waals surface area contributed by atoms with Crippen LogP contribution in [0.2, 0.25) is 0 Å². The van der Waals surface area contributed by atoms with Crippen LogP contribution in [0.4, 0.5) is 11.6 Å². The summed E-state index contributed by atoms with van der Waals surface area (Å²) in [5.41, 5.74) is 1.26. The molecule has 0 fully saturated rings. The first kappa shape index (κ1) is 12.7. The zero-order valence-electron chi connectivity index (χ0n) is 10.1. The Morgan fingerprint density at radius 3 is 2.42 bits per heavy atom. The number of carboxylic acids is 1. The van der Waals surface area contributed by atoms with Gasteiger partial charge in [0.15, 0.2) is 5.78 Å². The fraction of sp³-hybridized carbons (Fsp3) is 0.0769. The quantitative estimate of drug-likeness (QED) is 0.815. The monoisotopic (exact) mass is 257 g/mol. The molecule has 96 valence electrons. The summed E-state index contributed by atoms with van der Waals surface area (Å²) in [5, 5.41) is 11.6. The van der Waals surface area contributed by atoms with E-state index in [1.54, 1.807) is 24.3 Å². The summed E-state index contributed by atoms with van der Waals surface area (Å²) in [5.74, 6) is -0.846. The topological polar surface area (TPSA) is 92.2 Å². The molecule has 0 bridgehead atoms. The lowest BCUT2D eigenvalue weighted by Crippen LogP contribution is -2.02. The summed E-state index contributed by atoms with van der Waals surface area (Å²) in [6, 6.07) is 6.89. The van der Waals surface area contributed by atoms with Crippen molar-refractivity contribution in [2.45, 2.75) is 6.92 Å². The van der Waals surface area contributed by atoms with Gasteiger partial charge < -0.3 is 10.4 Å². The fourth-order valence-electron chi connectivity index (χ4n) is 1.45. The highest BCUT2D eigenvalue weighted by Crippen LogP contribution is 2.15. The van der Waals surface area contributed by atoms with E-state index in [9.17, 15) is 9.59 Å². The predicted molar refractivity (Wildman–Crippen MR) is 68.7 cm³/mol. The molecule has 0 saturated carbocycles. The fourth-order valence-corrected chi connectivity index (χ4v) is 1.45. The van der Waals surface area contributed by atoms with Gasteiger partial charge in [-0.1, -0.05) is 12.1 Å². The third-order valence-electron chi connectivity index (χ3n) is 2.42. The first-order chi connectivity index (χ1) is 9.06. The molecule has 1 heterocycles. The summed E-state index contributed by atoms with van der Waals surface area (Å²) in [6.45, 7) is 1.48. The minimum atomic E-state index is -1.08. The number of ketones is 1. The SMILES string of the molecule is CC(=O)c1cccc(Nc2ncc(C(=O)O)cn2)c1. The smallest absolute Gasteiger partial charge is 0.338 e. The number of rotatable bonds is 4. The molecule has 2 N–H and O–H groups in total. The molecule has 0 unspecified atom stereocenters. The van der Waals surface area contributed by atoms with E-state index >= 15 is 0 Å². The highest BCUT2D eigenvalue weighted by molar-refractivity contribution is 5.95. The van der Waals surface area contributed by atoms with Crippen LogP contribution in [0.5, 0.6) is 0 Å². The maximum absolute atomic E-state index is 11.2. The van der Waals surface area contributed by atoms with Crippen molar-refractivity contribution in [2.24, 2.45) is 0 Å². The van der Waals surface area contributed by atoms with Crippen molar-refractivity contribution in [3.63, 3.8) is 0 Å². The van der Waals surface area contributed by atoms with Gasteiger partial charge in [-0.15, -0.1) is 0 Å². The Hall–Kier alpha value is -2.76. The minimum Gasteiger partial charge on any atom is -0.478 e. The van der Waals surface area contributed by atoms with Crippen LogP contribution in [0.15, 0.2) is 36.7 Å². The van der Waals surface area contributed by atoms with E-state index < -0.39 is 5.97 Å². The summed E-state index contributed by atoms with van der Waals surface area (Å²) in [6.07, 6.45) is 2.43. The van der Waals surface area contributed by atoms with Gasteiger partial charge in [-0.25, -0.2) is 14.8 Å². The van der Waals surface area contributed by atoms with E-state index in [0.717, 1.165) is 0 Å². The van der Waals surface area contributed by atoms with E-state index in [2.05, 4.69) is 15.3 Å². The number of nitrogens with zero attached hydrogens (tertiary/aromatic N) is 2. The summed E-state index contributed by atoms with van der Waals surface area (Å²) in [4.78, 5) is 29.7. The highest BCUT2D eigenvalue weighted by Gasteiger charge is 2.05. The average molecular weight is 257 g/mol. The molecule has 0 radical (unpaired) electrons. The number of anilines is 2. The zero-order valence-corrected chi connectivity index (χ0v) is 10.1. The van der Waals surface area contributed by atoms with Crippen LogP contribution in [0.1, 0.15) is 27.6 Å². The third kappa shape index (κ3) is 3.12. The normalized spacial score (nSPS) is 9.95. The molecule has 0 aliphatic rings. The van der Waals surface area contributed by atoms with Crippen LogP contribution in [0.25, 0.3) is 0 Å². The van der Waals surface area contributed by atoms with Gasteiger partial charge in [-0.3, -0.25) is 4.79 Å². The van der Waals surface area contributed by atoms with Gasteiger partial charge in [0.1, 0.15) is 0 Å². The molecule has 0 atom stereocenters. The van der Waals surface area contributed by atoms with E-state index in [1.807, 2.05) is 0 Å². The number of aromatic carboxylic acids is 1. The first-order valence-electron chi connectivity index (χ1n) is 5.49. The lowest BCUT2D eigenvalue weighted by atomic mass is 10.1. The van der Waals surface area contributed by atoms with Crippen molar-refractivity contribution in [3.8, 4) is 0 Å². The minimum absolute atomic E-state index is 0.0167. The number of benzene rings is 1. The molecular weight excluding hydrogens is 246 g/mol. The van der Waals surface area contributed by atoms with E-state index in [0.29, 0.717) is 11.3 Å². The van der Waals surface area contributed by atoms with Gasteiger partial charge in [0, 0.05) is 23.6 Å². The number of carbonyl (C=O) groups excluding carboxylic acids is 1. The predicted octanol–water partition coefficient (Wildman–Crippen LogP) is 2.12. The van der Waals surface area contributed by atoms with Crippen LogP contribution < -0.4 is 5.32 Å². The largest absolute Gasteiger partial charge is 0.478 e. The molecule has 0 aliphatic heterocycles. The Morgan fingerprint density at radius 1 is 1.16 bits per heavy atom. The lowest BCUT2D eigenvalue weighted by Gasteiger charge is -2.05. The van der Waals surface area contributed by atoms with E-state index in [1.165, 1.54) is 19.3 Å². The highest BCUT2D eigenvalue weighted by atomic mass is 16.4. The second-order valence-electron chi connectivity index (χ2n) is 3.86. The number of carbonyl (C=O) groups is 2. The maximum Gasteiger partial charge on any atom is 0.338 e. The average Bonchev–Trinajstić information content (AvgIpc) is 2.39. The molecule has 0 aliphatic carbocycles. The van der Waals surface area contributed by atoms with Crippen LogP contribution in [-0.2, 0) is 0 Å². The number of Topliss-reactive ketones (excluding diaryl/α,β-unsaturated/α-hetero) is 1. The van der Waals surface area contributed by atoms with Crippen molar-refractivity contribution in [2.75, 3.05) is 5.32 Å². The Balaban J connectivity index is 2.19. The van der Waals surface area contributed by atoms with Crippen molar-refractivity contribution >= 4 is 23.4 Å². The van der Waals surface area contributed by atoms with Crippen LogP contribution >= 0.6 is 0 Å². The number of aromatic nitrogens is 2. The molecular formula is C13H11N3O3. The molecule has 1 aromatic carbocycles. The maximum atomic E-state index is 11.2. The Kier molecular flexibility index (Phi) is 3.51. The zero-order chi connectivity index (χ0) is 13.8. The standard InChI is InChI=1S/C13H11N3O3/c1-8(17)9-3-2-4-11(5-9)16-13-14-6-10(7-15-13)12(18)19/h2-7H,1H3,(H,18,19)(H,14,15,16). The summed E-state index contributed by atoms with van der Waals surface area (Å²) >= 11 is 0. The van der Waals surface area contributed by atoms with Crippen molar-refractivity contribution in [3.05, 3.63) is 47.8 Å². The van der Waals surface area contributed by atoms with Crippen molar-refractivity contribution in [1.29, 1.82) is 0 Å². The summed E-state index contributed by atoms with van der Waals surface area (Å²) in [7, 11) is 0. The van der Waals surface area contributed by atoms with Gasteiger partial charge in [0.05, 0.1) is 5.56 Å². The number of hydrogen-bond acceptors (Lipinski definition) is 5. The van der Waals surface area contributed by atoms with Crippen molar-refractivity contribution in [1.82, 2.24) is 9.97 Å². The third-order valence-corrected chi connectivity index (χ3v) is 2.42. The van der Waals surface area contributed by atoms with E-state index in [-0.39, 0.29) is 17.3 Å². The number of carboxylic acid groups (broad SMARTS) is 1. The molecule has 0 amide bonds. The Labute approximate surface area is 109 Å². The number of nitrogens with one attached hydrogen (secondary N) is 1. The van der Waals surface area contributed by atoms with Gasteiger partial charge in [0.2, 0.25) is 5.95 Å². The van der Waals surface area contributed by atoms with Gasteiger partial charge >= 0.3 is 5.97 Å². The van der Waals surface area contributed by atoms with Crippen LogP contribution in [0.3, 0.4) is 0 Å². The molecule has 0 saturated heterocycles. The van der Waals surface area contributed by atoms with Gasteiger partial charge in [-0.05, 0) is 19.1 Å². The molecule has 2 rings (SSSR count).